The van der Waals surface area contributed by atoms with E-state index in [1.54, 1.807) is 0 Å². The van der Waals surface area contributed by atoms with Crippen LogP contribution in [0.3, 0.4) is 0 Å². The second kappa shape index (κ2) is 5.14. The first-order chi connectivity index (χ1) is 7.39. The molecule has 1 aliphatic rings. The molecule has 0 saturated heterocycles. The summed E-state index contributed by atoms with van der Waals surface area (Å²) in [7, 11) is -3.42. The van der Waals surface area contributed by atoms with Crippen molar-refractivity contribution in [2.75, 3.05) is 12.3 Å². The van der Waals surface area contributed by atoms with Crippen LogP contribution in [0.5, 0.6) is 0 Å². The van der Waals surface area contributed by atoms with E-state index in [-0.39, 0.29) is 17.6 Å². The van der Waals surface area contributed by atoms with Crippen LogP contribution in [0.4, 0.5) is 0 Å². The number of rotatable bonds is 8. The fraction of sp³-hybridized carbons (Fsp3) is 0.900. The smallest absolute Gasteiger partial charge is 0.304 e. The quantitative estimate of drug-likeness (QED) is 0.671. The van der Waals surface area contributed by atoms with Crippen molar-refractivity contribution in [3.63, 3.8) is 0 Å². The van der Waals surface area contributed by atoms with Gasteiger partial charge in [-0.05, 0) is 24.7 Å². The van der Waals surface area contributed by atoms with Gasteiger partial charge in [0.15, 0.2) is 0 Å². The number of carboxylic acid groups (broad SMARTS) is 1. The van der Waals surface area contributed by atoms with Gasteiger partial charge >= 0.3 is 5.97 Å². The Kier molecular flexibility index (Phi) is 4.32. The number of hydrogen-bond donors (Lipinski definition) is 2. The first kappa shape index (κ1) is 13.4. The van der Waals surface area contributed by atoms with E-state index in [4.69, 9.17) is 5.11 Å². The lowest BCUT2D eigenvalue weighted by atomic mass is 10.0. The van der Waals surface area contributed by atoms with Gasteiger partial charge in [-0.1, -0.05) is 13.3 Å². The topological polar surface area (TPSA) is 83.5 Å². The van der Waals surface area contributed by atoms with Crippen molar-refractivity contribution in [1.29, 1.82) is 0 Å². The zero-order chi connectivity index (χ0) is 12.2. The highest BCUT2D eigenvalue weighted by molar-refractivity contribution is 7.89. The predicted molar refractivity (Wildman–Crippen MR) is 60.6 cm³/mol. The van der Waals surface area contributed by atoms with Crippen molar-refractivity contribution in [1.82, 2.24) is 4.72 Å². The highest BCUT2D eigenvalue weighted by atomic mass is 32.2. The molecule has 6 heteroatoms. The van der Waals surface area contributed by atoms with E-state index in [1.165, 1.54) is 0 Å². The average molecular weight is 249 g/mol. The normalized spacial score (nSPS) is 18.3. The molecular formula is C10H19NO4S. The molecule has 0 aromatic carbocycles. The molecule has 0 radical (unpaired) electrons. The molecule has 1 saturated carbocycles. The van der Waals surface area contributed by atoms with Crippen LogP contribution < -0.4 is 4.72 Å². The molecule has 0 aliphatic heterocycles. The van der Waals surface area contributed by atoms with Crippen LogP contribution in [0.2, 0.25) is 0 Å². The lowest BCUT2D eigenvalue weighted by Crippen LogP contribution is -2.32. The molecule has 0 atom stereocenters. The molecule has 0 bridgehead atoms. The minimum absolute atomic E-state index is 0.158. The molecule has 1 rings (SSSR count). The van der Waals surface area contributed by atoms with Gasteiger partial charge in [0.05, 0.1) is 12.2 Å². The van der Waals surface area contributed by atoms with E-state index < -0.39 is 16.0 Å². The molecule has 5 nitrogen and oxygen atoms in total. The van der Waals surface area contributed by atoms with E-state index >= 15 is 0 Å². The summed E-state index contributed by atoms with van der Waals surface area (Å²) in [5.41, 5.74) is 0.158. The minimum atomic E-state index is -3.42. The Morgan fingerprint density at radius 2 is 2.06 bits per heavy atom. The van der Waals surface area contributed by atoms with E-state index in [0.717, 1.165) is 25.7 Å². The average Bonchev–Trinajstić information content (AvgIpc) is 2.94. The molecule has 0 heterocycles. The summed E-state index contributed by atoms with van der Waals surface area (Å²) in [4.78, 5) is 10.3. The van der Waals surface area contributed by atoms with Crippen LogP contribution in [0.15, 0.2) is 0 Å². The van der Waals surface area contributed by atoms with Crippen molar-refractivity contribution in [2.24, 2.45) is 5.41 Å². The summed E-state index contributed by atoms with van der Waals surface area (Å²) in [6.45, 7) is 2.54. The van der Waals surface area contributed by atoms with Gasteiger partial charge in [0.25, 0.3) is 0 Å². The molecule has 2 N–H and O–H groups in total. The molecular weight excluding hydrogens is 230 g/mol. The molecule has 16 heavy (non-hydrogen) atoms. The fourth-order valence-electron chi connectivity index (χ4n) is 1.78. The van der Waals surface area contributed by atoms with Gasteiger partial charge in [-0.3, -0.25) is 4.79 Å². The van der Waals surface area contributed by atoms with Crippen LogP contribution in [0.1, 0.15) is 39.0 Å². The molecule has 0 aromatic heterocycles. The molecule has 1 fully saturated rings. The summed E-state index contributed by atoms with van der Waals surface area (Å²) in [5.74, 6) is -1.41. The SMILES string of the molecule is CCCC1(CNS(=O)(=O)CCC(=O)O)CC1. The number of hydrogen-bond acceptors (Lipinski definition) is 3. The lowest BCUT2D eigenvalue weighted by molar-refractivity contribution is -0.136. The van der Waals surface area contributed by atoms with Gasteiger partial charge in [0, 0.05) is 6.54 Å². The Labute approximate surface area is 96.3 Å². The van der Waals surface area contributed by atoms with Crippen LogP contribution in [0, 0.1) is 5.41 Å². The highest BCUT2D eigenvalue weighted by Crippen LogP contribution is 2.48. The molecule has 0 spiro atoms. The van der Waals surface area contributed by atoms with Crippen molar-refractivity contribution < 1.29 is 18.3 Å². The Hall–Kier alpha value is -0.620. The number of carbonyl (C=O) groups is 1. The monoisotopic (exact) mass is 249 g/mol. The van der Waals surface area contributed by atoms with Gasteiger partial charge in [0.2, 0.25) is 10.0 Å². The molecule has 0 aromatic rings. The Balaban J connectivity index is 2.33. The largest absolute Gasteiger partial charge is 0.481 e. The van der Waals surface area contributed by atoms with Crippen LogP contribution in [-0.2, 0) is 14.8 Å². The first-order valence-corrected chi connectivity index (χ1v) is 7.23. The zero-order valence-corrected chi connectivity index (χ0v) is 10.3. The molecule has 0 amide bonds. The maximum absolute atomic E-state index is 11.4. The maximum atomic E-state index is 11.4. The maximum Gasteiger partial charge on any atom is 0.304 e. The summed E-state index contributed by atoms with van der Waals surface area (Å²) in [6.07, 6.45) is 3.89. The summed E-state index contributed by atoms with van der Waals surface area (Å²) >= 11 is 0. The standard InChI is InChI=1S/C10H19NO4S/c1-2-4-10(5-6-10)8-11-16(14,15)7-3-9(12)13/h11H,2-8H2,1H3,(H,12,13). The second-order valence-electron chi connectivity index (χ2n) is 4.53. The van der Waals surface area contributed by atoms with Crippen molar-refractivity contribution >= 4 is 16.0 Å². The van der Waals surface area contributed by atoms with E-state index in [2.05, 4.69) is 11.6 Å². The number of nitrogens with one attached hydrogen (secondary N) is 1. The van der Waals surface area contributed by atoms with Crippen LogP contribution in [0.25, 0.3) is 0 Å². The number of aliphatic carboxylic acids is 1. The van der Waals surface area contributed by atoms with Gasteiger partial charge in [-0.2, -0.15) is 0 Å². The minimum Gasteiger partial charge on any atom is -0.481 e. The van der Waals surface area contributed by atoms with Crippen molar-refractivity contribution in [3.8, 4) is 0 Å². The molecule has 0 unspecified atom stereocenters. The van der Waals surface area contributed by atoms with E-state index in [0.29, 0.717) is 6.54 Å². The van der Waals surface area contributed by atoms with Gasteiger partial charge in [0.1, 0.15) is 0 Å². The number of carboxylic acids is 1. The third-order valence-corrected chi connectivity index (χ3v) is 4.31. The van der Waals surface area contributed by atoms with Gasteiger partial charge in [-0.25, -0.2) is 13.1 Å². The zero-order valence-electron chi connectivity index (χ0n) is 9.53. The van der Waals surface area contributed by atoms with Crippen molar-refractivity contribution in [3.05, 3.63) is 0 Å². The summed E-state index contributed by atoms with van der Waals surface area (Å²) in [5, 5.41) is 8.41. The second-order valence-corrected chi connectivity index (χ2v) is 6.46. The highest BCUT2D eigenvalue weighted by Gasteiger charge is 2.41. The van der Waals surface area contributed by atoms with Crippen LogP contribution >= 0.6 is 0 Å². The van der Waals surface area contributed by atoms with Crippen LogP contribution in [-0.4, -0.2) is 31.8 Å². The van der Waals surface area contributed by atoms with Gasteiger partial charge < -0.3 is 5.11 Å². The predicted octanol–water partition coefficient (Wildman–Crippen LogP) is 0.961. The van der Waals surface area contributed by atoms with Crippen molar-refractivity contribution in [2.45, 2.75) is 39.0 Å². The summed E-state index contributed by atoms with van der Waals surface area (Å²) < 4.78 is 25.4. The number of sulfonamides is 1. The lowest BCUT2D eigenvalue weighted by Gasteiger charge is -2.14. The Bertz CT molecular complexity index is 346. The molecule has 94 valence electrons. The third-order valence-electron chi connectivity index (χ3n) is 2.99. The molecule has 1 aliphatic carbocycles. The third kappa shape index (κ3) is 4.49. The van der Waals surface area contributed by atoms with E-state index in [1.807, 2.05) is 0 Å². The van der Waals surface area contributed by atoms with Gasteiger partial charge in [-0.15, -0.1) is 0 Å². The van der Waals surface area contributed by atoms with E-state index in [9.17, 15) is 13.2 Å². The summed E-state index contributed by atoms with van der Waals surface area (Å²) in [6, 6.07) is 0. The Morgan fingerprint density at radius 3 is 2.50 bits per heavy atom. The fourth-order valence-corrected chi connectivity index (χ4v) is 2.89. The Morgan fingerprint density at radius 1 is 1.44 bits per heavy atom. The first-order valence-electron chi connectivity index (χ1n) is 5.58.